The monoisotopic (exact) mass is 399 g/mol. The predicted octanol–water partition coefficient (Wildman–Crippen LogP) is 3.26. The standard InChI is InChI=1S/C14H11Br2NO3/c1-8-7-10(11(15)12(16)13(8)18)17-20-14(19)9-5-3-2-4-6-9/h2-7,11-12H,1H3/b17-10+. The molecule has 2 atom stereocenters. The van der Waals surface area contributed by atoms with E-state index >= 15 is 0 Å². The third kappa shape index (κ3) is 3.24. The van der Waals surface area contributed by atoms with Crippen LogP contribution in [0, 0.1) is 0 Å². The molecule has 1 aromatic rings. The number of Topliss-reactive ketones (excluding diaryl/α,β-unsaturated/α-hetero) is 1. The van der Waals surface area contributed by atoms with Crippen LogP contribution in [0.4, 0.5) is 0 Å². The summed E-state index contributed by atoms with van der Waals surface area (Å²) in [6.07, 6.45) is 1.61. The number of nitrogens with zero attached hydrogens (tertiary/aromatic N) is 1. The zero-order chi connectivity index (χ0) is 14.7. The van der Waals surface area contributed by atoms with E-state index in [-0.39, 0.29) is 10.6 Å². The van der Waals surface area contributed by atoms with Crippen LogP contribution in [-0.4, -0.2) is 27.1 Å². The van der Waals surface area contributed by atoms with Crippen LogP contribution in [0.5, 0.6) is 0 Å². The fourth-order valence-corrected chi connectivity index (χ4v) is 2.76. The first-order chi connectivity index (χ1) is 9.50. The lowest BCUT2D eigenvalue weighted by Gasteiger charge is -2.20. The van der Waals surface area contributed by atoms with Gasteiger partial charge in [-0.1, -0.05) is 55.2 Å². The van der Waals surface area contributed by atoms with Gasteiger partial charge in [0.25, 0.3) is 0 Å². The second-order valence-corrected chi connectivity index (χ2v) is 6.23. The molecule has 0 heterocycles. The Kier molecular flexibility index (Phi) is 4.88. The van der Waals surface area contributed by atoms with Crippen molar-refractivity contribution >= 4 is 49.3 Å². The quantitative estimate of drug-likeness (QED) is 0.435. The van der Waals surface area contributed by atoms with Crippen LogP contribution < -0.4 is 0 Å². The van der Waals surface area contributed by atoms with E-state index in [1.807, 2.05) is 6.07 Å². The number of carbonyl (C=O) groups is 2. The molecule has 0 spiro atoms. The zero-order valence-electron chi connectivity index (χ0n) is 10.5. The lowest BCUT2D eigenvalue weighted by molar-refractivity contribution is -0.114. The molecule has 1 aromatic carbocycles. The normalized spacial score (nSPS) is 24.4. The Labute approximate surface area is 133 Å². The molecule has 1 aliphatic carbocycles. The molecule has 0 aliphatic heterocycles. The fraction of sp³-hybridized carbons (Fsp3) is 0.214. The van der Waals surface area contributed by atoms with Gasteiger partial charge in [-0.3, -0.25) is 4.79 Å². The molecule has 2 unspecified atom stereocenters. The smallest absolute Gasteiger partial charge is 0.313 e. The minimum absolute atomic E-state index is 0.0137. The topological polar surface area (TPSA) is 55.7 Å². The molecule has 4 nitrogen and oxygen atoms in total. The Morgan fingerprint density at radius 3 is 2.50 bits per heavy atom. The second kappa shape index (κ2) is 6.45. The van der Waals surface area contributed by atoms with E-state index < -0.39 is 10.8 Å². The lowest BCUT2D eigenvalue weighted by atomic mass is 9.98. The minimum Gasteiger partial charge on any atom is -0.313 e. The number of carbonyl (C=O) groups excluding carboxylic acids is 2. The molecule has 2 rings (SSSR count). The van der Waals surface area contributed by atoms with E-state index in [9.17, 15) is 9.59 Å². The Morgan fingerprint density at radius 2 is 1.85 bits per heavy atom. The van der Waals surface area contributed by atoms with Crippen molar-refractivity contribution in [3.05, 3.63) is 47.5 Å². The van der Waals surface area contributed by atoms with Gasteiger partial charge in [-0.05, 0) is 30.7 Å². The second-order valence-electron chi connectivity index (χ2n) is 4.26. The maximum absolute atomic E-state index is 11.8. The summed E-state index contributed by atoms with van der Waals surface area (Å²) in [4.78, 5) is 27.7. The van der Waals surface area contributed by atoms with Crippen molar-refractivity contribution < 1.29 is 14.4 Å². The molecule has 1 aliphatic rings. The number of benzene rings is 1. The molecule has 0 radical (unpaired) electrons. The summed E-state index contributed by atoms with van der Waals surface area (Å²) in [7, 11) is 0. The molecule has 104 valence electrons. The summed E-state index contributed by atoms with van der Waals surface area (Å²) >= 11 is 6.65. The van der Waals surface area contributed by atoms with Crippen molar-refractivity contribution in [2.45, 2.75) is 16.6 Å². The van der Waals surface area contributed by atoms with Gasteiger partial charge >= 0.3 is 5.97 Å². The molecule has 0 saturated heterocycles. The summed E-state index contributed by atoms with van der Waals surface area (Å²) < 4.78 is 0. The molecule has 0 amide bonds. The van der Waals surface area contributed by atoms with Gasteiger partial charge in [-0.25, -0.2) is 4.79 Å². The first-order valence-corrected chi connectivity index (χ1v) is 7.69. The lowest BCUT2D eigenvalue weighted by Crippen LogP contribution is -2.35. The average Bonchev–Trinajstić information content (AvgIpc) is 2.48. The number of alkyl halides is 2. The van der Waals surface area contributed by atoms with Gasteiger partial charge in [0.05, 0.1) is 20.9 Å². The summed E-state index contributed by atoms with van der Waals surface area (Å²) in [6.45, 7) is 1.70. The number of ketones is 1. The van der Waals surface area contributed by atoms with Gasteiger partial charge in [0.1, 0.15) is 0 Å². The molecular formula is C14H11Br2NO3. The Bertz CT molecular complexity index is 596. The highest BCUT2D eigenvalue weighted by Crippen LogP contribution is 2.25. The van der Waals surface area contributed by atoms with Crippen molar-refractivity contribution in [1.29, 1.82) is 0 Å². The van der Waals surface area contributed by atoms with Crippen LogP contribution >= 0.6 is 31.9 Å². The van der Waals surface area contributed by atoms with Crippen molar-refractivity contribution in [2.24, 2.45) is 5.16 Å². The summed E-state index contributed by atoms with van der Waals surface area (Å²) in [6, 6.07) is 8.59. The number of halogens is 2. The maximum atomic E-state index is 11.8. The van der Waals surface area contributed by atoms with Crippen LogP contribution in [0.1, 0.15) is 17.3 Å². The summed E-state index contributed by atoms with van der Waals surface area (Å²) in [5, 5.41) is 3.84. The number of oxime groups is 1. The molecule has 6 heteroatoms. The molecule has 0 bridgehead atoms. The largest absolute Gasteiger partial charge is 0.365 e. The number of hydrogen-bond donors (Lipinski definition) is 0. The number of hydrogen-bond acceptors (Lipinski definition) is 4. The van der Waals surface area contributed by atoms with Gasteiger partial charge in [0, 0.05) is 0 Å². The number of allylic oxidation sites excluding steroid dienone is 2. The van der Waals surface area contributed by atoms with Crippen molar-refractivity contribution in [3.8, 4) is 0 Å². The van der Waals surface area contributed by atoms with Crippen molar-refractivity contribution in [2.75, 3.05) is 0 Å². The zero-order valence-corrected chi connectivity index (χ0v) is 13.7. The SMILES string of the molecule is CC1=C/C(=N\OC(=O)c2ccccc2)C(Br)C(Br)C1=O. The van der Waals surface area contributed by atoms with E-state index in [4.69, 9.17) is 4.84 Å². The Balaban J connectivity index is 2.16. The Hall–Kier alpha value is -1.27. The summed E-state index contributed by atoms with van der Waals surface area (Å²) in [5.41, 5.74) is 1.48. The van der Waals surface area contributed by atoms with E-state index in [1.54, 1.807) is 37.3 Å². The molecule has 20 heavy (non-hydrogen) atoms. The van der Waals surface area contributed by atoms with Crippen LogP contribution in [0.15, 0.2) is 47.1 Å². The number of rotatable bonds is 2. The van der Waals surface area contributed by atoms with Crippen molar-refractivity contribution in [1.82, 2.24) is 0 Å². The van der Waals surface area contributed by atoms with Crippen LogP contribution in [0.2, 0.25) is 0 Å². The van der Waals surface area contributed by atoms with Gasteiger partial charge in [-0.15, -0.1) is 0 Å². The Morgan fingerprint density at radius 1 is 1.20 bits per heavy atom. The first-order valence-electron chi connectivity index (χ1n) is 5.85. The summed E-state index contributed by atoms with van der Waals surface area (Å²) in [5.74, 6) is -0.549. The van der Waals surface area contributed by atoms with Crippen molar-refractivity contribution in [3.63, 3.8) is 0 Å². The molecule has 0 aromatic heterocycles. The van der Waals surface area contributed by atoms with E-state index in [0.717, 1.165) is 0 Å². The highest BCUT2D eigenvalue weighted by molar-refractivity contribution is 9.12. The van der Waals surface area contributed by atoms with E-state index in [2.05, 4.69) is 37.0 Å². The van der Waals surface area contributed by atoms with Gasteiger partial charge in [0.15, 0.2) is 5.78 Å². The fourth-order valence-electron chi connectivity index (χ4n) is 1.67. The molecular weight excluding hydrogens is 390 g/mol. The highest BCUT2D eigenvalue weighted by Gasteiger charge is 2.32. The molecule has 0 fully saturated rings. The van der Waals surface area contributed by atoms with Gasteiger partial charge < -0.3 is 4.84 Å². The van der Waals surface area contributed by atoms with Crippen LogP contribution in [-0.2, 0) is 9.63 Å². The molecule has 0 N–H and O–H groups in total. The minimum atomic E-state index is -0.535. The maximum Gasteiger partial charge on any atom is 0.365 e. The third-order valence-electron chi connectivity index (χ3n) is 2.79. The third-order valence-corrected chi connectivity index (χ3v) is 5.44. The molecule has 0 saturated carbocycles. The van der Waals surface area contributed by atoms with Gasteiger partial charge in [0.2, 0.25) is 0 Å². The van der Waals surface area contributed by atoms with Gasteiger partial charge in [-0.2, -0.15) is 0 Å². The van der Waals surface area contributed by atoms with E-state index in [0.29, 0.717) is 16.8 Å². The average molecular weight is 401 g/mol. The first kappa shape index (κ1) is 15.1. The van der Waals surface area contributed by atoms with Crippen LogP contribution in [0.3, 0.4) is 0 Å². The van der Waals surface area contributed by atoms with Crippen LogP contribution in [0.25, 0.3) is 0 Å². The highest BCUT2D eigenvalue weighted by atomic mass is 79.9. The van der Waals surface area contributed by atoms with E-state index in [1.165, 1.54) is 0 Å². The predicted molar refractivity (Wildman–Crippen MR) is 83.5 cm³/mol.